The topological polar surface area (TPSA) is 82.2 Å². The molecule has 2 aromatic rings. The van der Waals surface area contributed by atoms with Crippen molar-refractivity contribution in [2.45, 2.75) is 25.8 Å². The van der Waals surface area contributed by atoms with Crippen LogP contribution in [0.1, 0.15) is 30.3 Å². The van der Waals surface area contributed by atoms with Crippen LogP contribution in [0, 0.1) is 5.92 Å². The van der Waals surface area contributed by atoms with Crippen LogP contribution in [0.4, 0.5) is 0 Å². The highest BCUT2D eigenvalue weighted by Gasteiger charge is 2.29. The summed E-state index contributed by atoms with van der Waals surface area (Å²) in [5.74, 6) is 0.775. The number of carbonyl (C=O) groups excluding carboxylic acids is 1. The van der Waals surface area contributed by atoms with Gasteiger partial charge in [-0.2, -0.15) is 5.10 Å². The largest absolute Gasteiger partial charge is 0.490 e. The second-order valence-electron chi connectivity index (χ2n) is 5.77. The van der Waals surface area contributed by atoms with Gasteiger partial charge in [-0.05, 0) is 37.8 Å². The molecule has 1 amide bonds. The monoisotopic (exact) mass is 314 g/mol. The van der Waals surface area contributed by atoms with Gasteiger partial charge >= 0.3 is 0 Å². The number of carbonyl (C=O) groups is 1. The number of rotatable bonds is 7. The predicted octanol–water partition coefficient (Wildman–Crippen LogP) is 1.74. The van der Waals surface area contributed by atoms with Gasteiger partial charge in [-0.1, -0.05) is 18.2 Å². The Bertz CT molecular complexity index is 664. The minimum absolute atomic E-state index is 0.0192. The summed E-state index contributed by atoms with van der Waals surface area (Å²) in [6, 6.07) is 9.65. The molecule has 1 heterocycles. The SMILES string of the molecule is CCOc1cn(-c2ccccc2)nc1C(=O)NCC(N)C1CC1. The Morgan fingerprint density at radius 3 is 2.83 bits per heavy atom. The zero-order valence-electron chi connectivity index (χ0n) is 13.2. The van der Waals surface area contributed by atoms with Gasteiger partial charge in [0.05, 0.1) is 18.5 Å². The molecule has 3 rings (SSSR count). The van der Waals surface area contributed by atoms with Crippen molar-refractivity contribution in [3.8, 4) is 11.4 Å². The molecule has 1 fully saturated rings. The van der Waals surface area contributed by atoms with Gasteiger partial charge in [0.15, 0.2) is 11.4 Å². The van der Waals surface area contributed by atoms with Gasteiger partial charge < -0.3 is 15.8 Å². The summed E-state index contributed by atoms with van der Waals surface area (Å²) in [6.45, 7) is 2.82. The highest BCUT2D eigenvalue weighted by Crippen LogP contribution is 2.31. The molecule has 0 bridgehead atoms. The van der Waals surface area contributed by atoms with E-state index in [0.29, 0.717) is 30.5 Å². The van der Waals surface area contributed by atoms with E-state index in [4.69, 9.17) is 10.5 Å². The number of ether oxygens (including phenoxy) is 1. The first-order chi connectivity index (χ1) is 11.2. The van der Waals surface area contributed by atoms with Crippen molar-refractivity contribution in [3.63, 3.8) is 0 Å². The fourth-order valence-electron chi connectivity index (χ4n) is 2.47. The summed E-state index contributed by atoms with van der Waals surface area (Å²) in [5, 5.41) is 7.24. The number of aromatic nitrogens is 2. The van der Waals surface area contributed by atoms with Crippen molar-refractivity contribution in [1.82, 2.24) is 15.1 Å². The fraction of sp³-hybridized carbons (Fsp3) is 0.412. The molecule has 0 spiro atoms. The van der Waals surface area contributed by atoms with Crippen LogP contribution in [0.25, 0.3) is 5.69 Å². The maximum atomic E-state index is 12.4. The van der Waals surface area contributed by atoms with Crippen LogP contribution in [0.15, 0.2) is 36.5 Å². The first kappa shape index (κ1) is 15.6. The van der Waals surface area contributed by atoms with Gasteiger partial charge in [-0.25, -0.2) is 4.68 Å². The summed E-state index contributed by atoms with van der Waals surface area (Å²) < 4.78 is 7.20. The maximum absolute atomic E-state index is 12.4. The second-order valence-corrected chi connectivity index (χ2v) is 5.77. The van der Waals surface area contributed by atoms with Crippen molar-refractivity contribution in [2.24, 2.45) is 11.7 Å². The zero-order chi connectivity index (χ0) is 16.2. The molecule has 3 N–H and O–H groups in total. The van der Waals surface area contributed by atoms with E-state index in [-0.39, 0.29) is 11.9 Å². The third-order valence-electron chi connectivity index (χ3n) is 3.94. The Kier molecular flexibility index (Phi) is 4.62. The number of nitrogens with zero attached hydrogens (tertiary/aromatic N) is 2. The van der Waals surface area contributed by atoms with E-state index in [1.54, 1.807) is 10.9 Å². The molecular weight excluding hydrogens is 292 g/mol. The van der Waals surface area contributed by atoms with E-state index >= 15 is 0 Å². The molecule has 6 heteroatoms. The van der Waals surface area contributed by atoms with Crippen LogP contribution < -0.4 is 15.8 Å². The Hall–Kier alpha value is -2.34. The fourth-order valence-corrected chi connectivity index (χ4v) is 2.47. The van der Waals surface area contributed by atoms with Crippen LogP contribution in [-0.2, 0) is 0 Å². The van der Waals surface area contributed by atoms with E-state index in [1.807, 2.05) is 37.3 Å². The maximum Gasteiger partial charge on any atom is 0.275 e. The molecule has 23 heavy (non-hydrogen) atoms. The standard InChI is InChI=1S/C17H22N4O2/c1-2-23-15-11-21(13-6-4-3-5-7-13)20-16(15)17(22)19-10-14(18)12-8-9-12/h3-7,11-12,14H,2,8-10,18H2,1H3,(H,19,22). The van der Waals surface area contributed by atoms with Gasteiger partial charge in [-0.15, -0.1) is 0 Å². The molecular formula is C17H22N4O2. The molecule has 1 saturated carbocycles. The molecule has 1 aromatic heterocycles. The summed E-state index contributed by atoms with van der Waals surface area (Å²) in [5.41, 5.74) is 7.19. The third kappa shape index (κ3) is 3.71. The highest BCUT2D eigenvalue weighted by atomic mass is 16.5. The van der Waals surface area contributed by atoms with Gasteiger partial charge in [0.25, 0.3) is 5.91 Å². The molecule has 1 aliphatic rings. The van der Waals surface area contributed by atoms with E-state index in [0.717, 1.165) is 18.5 Å². The number of hydrogen-bond acceptors (Lipinski definition) is 4. The van der Waals surface area contributed by atoms with Gasteiger partial charge in [0.1, 0.15) is 0 Å². The number of hydrogen-bond donors (Lipinski definition) is 2. The van der Waals surface area contributed by atoms with Crippen LogP contribution in [0.2, 0.25) is 0 Å². The summed E-state index contributed by atoms with van der Waals surface area (Å²) in [4.78, 5) is 12.4. The number of para-hydroxylation sites is 1. The molecule has 0 aliphatic heterocycles. The second kappa shape index (κ2) is 6.83. The van der Waals surface area contributed by atoms with Crippen molar-refractivity contribution in [3.05, 3.63) is 42.2 Å². The molecule has 1 unspecified atom stereocenters. The van der Waals surface area contributed by atoms with Crippen molar-refractivity contribution < 1.29 is 9.53 Å². The van der Waals surface area contributed by atoms with Crippen LogP contribution in [-0.4, -0.2) is 34.9 Å². The highest BCUT2D eigenvalue weighted by molar-refractivity contribution is 5.95. The zero-order valence-corrected chi connectivity index (χ0v) is 13.2. The first-order valence-electron chi connectivity index (χ1n) is 8.00. The van der Waals surface area contributed by atoms with Crippen molar-refractivity contribution in [1.29, 1.82) is 0 Å². The summed E-state index contributed by atoms with van der Waals surface area (Å²) in [6.07, 6.45) is 4.04. The summed E-state index contributed by atoms with van der Waals surface area (Å²) in [7, 11) is 0. The van der Waals surface area contributed by atoms with E-state index < -0.39 is 0 Å². The number of benzene rings is 1. The Labute approximate surface area is 135 Å². The molecule has 0 radical (unpaired) electrons. The van der Waals surface area contributed by atoms with Crippen LogP contribution >= 0.6 is 0 Å². The lowest BCUT2D eigenvalue weighted by Crippen LogP contribution is -2.38. The average molecular weight is 314 g/mol. The smallest absolute Gasteiger partial charge is 0.275 e. The summed E-state index contributed by atoms with van der Waals surface area (Å²) >= 11 is 0. The van der Waals surface area contributed by atoms with Crippen molar-refractivity contribution >= 4 is 5.91 Å². The van der Waals surface area contributed by atoms with Crippen molar-refractivity contribution in [2.75, 3.05) is 13.2 Å². The molecule has 1 aliphatic carbocycles. The lowest BCUT2D eigenvalue weighted by molar-refractivity contribution is 0.0941. The number of nitrogens with one attached hydrogen (secondary N) is 1. The quantitative estimate of drug-likeness (QED) is 0.815. The predicted molar refractivity (Wildman–Crippen MR) is 87.8 cm³/mol. The van der Waals surface area contributed by atoms with E-state index in [1.165, 1.54) is 0 Å². The Morgan fingerprint density at radius 1 is 1.43 bits per heavy atom. The Morgan fingerprint density at radius 2 is 2.17 bits per heavy atom. The normalized spacial score (nSPS) is 15.2. The lowest BCUT2D eigenvalue weighted by atomic mass is 10.2. The van der Waals surface area contributed by atoms with Crippen LogP contribution in [0.3, 0.4) is 0 Å². The number of nitrogens with two attached hydrogens (primary N) is 1. The van der Waals surface area contributed by atoms with Gasteiger partial charge in [0, 0.05) is 12.6 Å². The molecule has 0 saturated heterocycles. The first-order valence-corrected chi connectivity index (χ1v) is 8.00. The van der Waals surface area contributed by atoms with Gasteiger partial charge in [0.2, 0.25) is 0 Å². The average Bonchev–Trinajstić information content (AvgIpc) is 3.34. The molecule has 6 nitrogen and oxygen atoms in total. The molecule has 1 aromatic carbocycles. The molecule has 1 atom stereocenters. The molecule has 122 valence electrons. The lowest BCUT2D eigenvalue weighted by Gasteiger charge is -2.11. The van der Waals surface area contributed by atoms with E-state index in [9.17, 15) is 4.79 Å². The van der Waals surface area contributed by atoms with Gasteiger partial charge in [-0.3, -0.25) is 4.79 Å². The Balaban J connectivity index is 1.76. The van der Waals surface area contributed by atoms with E-state index in [2.05, 4.69) is 10.4 Å². The minimum atomic E-state index is -0.251. The van der Waals surface area contributed by atoms with Crippen LogP contribution in [0.5, 0.6) is 5.75 Å². The minimum Gasteiger partial charge on any atom is -0.490 e. The third-order valence-corrected chi connectivity index (χ3v) is 3.94. The number of amides is 1.